The molecule has 0 N–H and O–H groups in total. The van der Waals surface area contributed by atoms with Gasteiger partial charge >= 0.3 is 0 Å². The van der Waals surface area contributed by atoms with Gasteiger partial charge in [0.1, 0.15) is 0 Å². The number of aryl methyl sites for hydroxylation is 1. The molecule has 2 atom stereocenters. The molecule has 0 saturated carbocycles. The number of rotatable bonds is 2. The number of ether oxygens (including phenoxy) is 1. The molecule has 0 amide bonds. The molecule has 1 saturated heterocycles. The number of hydrogen-bond acceptors (Lipinski definition) is 4. The normalized spacial score (nSPS) is 23.3. The molecule has 2 heterocycles. The van der Waals surface area contributed by atoms with Crippen LogP contribution in [0.3, 0.4) is 0 Å². The van der Waals surface area contributed by atoms with Gasteiger partial charge in [-0.3, -0.25) is 0 Å². The summed E-state index contributed by atoms with van der Waals surface area (Å²) in [7, 11) is 0. The van der Waals surface area contributed by atoms with Crippen molar-refractivity contribution in [3.8, 4) is 0 Å². The van der Waals surface area contributed by atoms with Gasteiger partial charge in [0.25, 0.3) is 0 Å². The van der Waals surface area contributed by atoms with E-state index in [0.29, 0.717) is 0 Å². The van der Waals surface area contributed by atoms with Gasteiger partial charge in [0.2, 0.25) is 5.95 Å². The van der Waals surface area contributed by atoms with E-state index >= 15 is 0 Å². The van der Waals surface area contributed by atoms with Crippen molar-refractivity contribution in [1.82, 2.24) is 9.97 Å². The van der Waals surface area contributed by atoms with Crippen molar-refractivity contribution in [2.45, 2.75) is 53.2 Å². The molecule has 1 aromatic rings. The molecule has 0 spiro atoms. The van der Waals surface area contributed by atoms with Crippen LogP contribution < -0.4 is 4.90 Å². The maximum Gasteiger partial charge on any atom is 0.225 e. The van der Waals surface area contributed by atoms with E-state index in [0.717, 1.165) is 31.2 Å². The molecule has 1 unspecified atom stereocenters. The fraction of sp³-hybridized carbons (Fsp3) is 0.714. The quantitative estimate of drug-likeness (QED) is 0.810. The second-order valence-corrected chi connectivity index (χ2v) is 4.36. The van der Waals surface area contributed by atoms with Crippen LogP contribution in [0.4, 0.5) is 5.95 Å². The highest BCUT2D eigenvalue weighted by Crippen LogP contribution is 2.16. The lowest BCUT2D eigenvalue weighted by molar-refractivity contribution is -0.00573. The van der Waals surface area contributed by atoms with Crippen molar-refractivity contribution in [3.05, 3.63) is 18.0 Å². The van der Waals surface area contributed by atoms with Crippen molar-refractivity contribution in [3.63, 3.8) is 0 Å². The van der Waals surface area contributed by atoms with Gasteiger partial charge in [-0.05, 0) is 26.3 Å². The lowest BCUT2D eigenvalue weighted by atomic mass is 10.2. The molecule has 1 aliphatic heterocycles. The first-order valence-corrected chi connectivity index (χ1v) is 6.91. The van der Waals surface area contributed by atoms with Crippen molar-refractivity contribution in [1.29, 1.82) is 0 Å². The first-order chi connectivity index (χ1) is 8.69. The van der Waals surface area contributed by atoms with E-state index in [-0.39, 0.29) is 12.2 Å². The molecular weight excluding hydrogens is 226 g/mol. The highest BCUT2D eigenvalue weighted by Gasteiger charge is 2.23. The van der Waals surface area contributed by atoms with Crippen LogP contribution in [0, 0.1) is 0 Å². The Morgan fingerprint density at radius 3 is 2.44 bits per heavy atom. The Morgan fingerprint density at radius 2 is 1.89 bits per heavy atom. The Balaban J connectivity index is 0.000000771. The van der Waals surface area contributed by atoms with Gasteiger partial charge in [0.05, 0.1) is 12.2 Å². The number of hydrogen-bond donors (Lipinski definition) is 0. The first kappa shape index (κ1) is 14.9. The first-order valence-electron chi connectivity index (χ1n) is 6.91. The van der Waals surface area contributed by atoms with Crippen LogP contribution in [0.15, 0.2) is 12.3 Å². The Hall–Kier alpha value is -1.16. The van der Waals surface area contributed by atoms with Crippen LogP contribution in [-0.4, -0.2) is 35.3 Å². The van der Waals surface area contributed by atoms with Gasteiger partial charge in [-0.15, -0.1) is 0 Å². The summed E-state index contributed by atoms with van der Waals surface area (Å²) >= 11 is 0. The zero-order chi connectivity index (χ0) is 13.5. The van der Waals surface area contributed by atoms with Gasteiger partial charge in [0, 0.05) is 25.0 Å². The summed E-state index contributed by atoms with van der Waals surface area (Å²) in [6, 6.07) is 1.97. The molecule has 1 fully saturated rings. The van der Waals surface area contributed by atoms with Crippen molar-refractivity contribution < 1.29 is 4.74 Å². The van der Waals surface area contributed by atoms with Crippen LogP contribution in [0.25, 0.3) is 0 Å². The Morgan fingerprint density at radius 1 is 1.28 bits per heavy atom. The zero-order valence-corrected chi connectivity index (χ0v) is 12.2. The maximum absolute atomic E-state index is 5.70. The molecule has 1 aromatic heterocycles. The van der Waals surface area contributed by atoms with Crippen molar-refractivity contribution >= 4 is 5.95 Å². The van der Waals surface area contributed by atoms with E-state index < -0.39 is 0 Å². The van der Waals surface area contributed by atoms with E-state index in [1.165, 1.54) is 0 Å². The zero-order valence-electron chi connectivity index (χ0n) is 12.2. The third kappa shape index (κ3) is 3.95. The fourth-order valence-electron chi connectivity index (χ4n) is 2.08. The Bertz CT molecular complexity index is 347. The summed E-state index contributed by atoms with van der Waals surface area (Å²) in [5.74, 6) is 0.835. The molecule has 1 aliphatic rings. The van der Waals surface area contributed by atoms with Crippen LogP contribution in [0.2, 0.25) is 0 Å². The second-order valence-electron chi connectivity index (χ2n) is 4.36. The van der Waals surface area contributed by atoms with Gasteiger partial charge in [-0.1, -0.05) is 20.8 Å². The minimum absolute atomic E-state index is 0.248. The van der Waals surface area contributed by atoms with E-state index in [9.17, 15) is 0 Å². The molecule has 0 aliphatic carbocycles. The second kappa shape index (κ2) is 7.31. The molecule has 0 aromatic carbocycles. The fourth-order valence-corrected chi connectivity index (χ4v) is 2.08. The van der Waals surface area contributed by atoms with E-state index in [1.54, 1.807) is 0 Å². The van der Waals surface area contributed by atoms with E-state index in [1.807, 2.05) is 26.1 Å². The van der Waals surface area contributed by atoms with Crippen molar-refractivity contribution in [2.75, 3.05) is 18.0 Å². The summed E-state index contributed by atoms with van der Waals surface area (Å²) in [6.07, 6.45) is 3.28. The monoisotopic (exact) mass is 251 g/mol. The maximum atomic E-state index is 5.70. The molecule has 0 radical (unpaired) electrons. The van der Waals surface area contributed by atoms with Crippen LogP contribution in [-0.2, 0) is 11.2 Å². The Kier molecular flexibility index (Phi) is 6.05. The SMILES string of the molecule is CC.CCc1ccnc(N2CC(C)O[C@H](C)C2)n1. The summed E-state index contributed by atoms with van der Waals surface area (Å²) in [6.45, 7) is 12.0. The minimum Gasteiger partial charge on any atom is -0.372 e. The summed E-state index contributed by atoms with van der Waals surface area (Å²) in [5, 5.41) is 0. The molecule has 4 heteroatoms. The predicted molar refractivity (Wildman–Crippen MR) is 75.0 cm³/mol. The summed E-state index contributed by atoms with van der Waals surface area (Å²) < 4.78 is 5.70. The Labute approximate surface area is 110 Å². The molecule has 4 nitrogen and oxygen atoms in total. The van der Waals surface area contributed by atoms with Gasteiger partial charge < -0.3 is 9.64 Å². The van der Waals surface area contributed by atoms with Crippen LogP contribution in [0.1, 0.15) is 40.3 Å². The minimum atomic E-state index is 0.248. The molecule has 2 rings (SSSR count). The molecule has 18 heavy (non-hydrogen) atoms. The third-order valence-corrected chi connectivity index (χ3v) is 2.77. The predicted octanol–water partition coefficient (Wildman–Crippen LogP) is 2.68. The molecule has 102 valence electrons. The highest BCUT2D eigenvalue weighted by atomic mass is 16.5. The lowest BCUT2D eigenvalue weighted by Gasteiger charge is -2.35. The number of aromatic nitrogens is 2. The van der Waals surface area contributed by atoms with E-state index in [4.69, 9.17) is 4.74 Å². The van der Waals surface area contributed by atoms with Crippen molar-refractivity contribution in [2.24, 2.45) is 0 Å². The van der Waals surface area contributed by atoms with Gasteiger partial charge in [-0.25, -0.2) is 9.97 Å². The van der Waals surface area contributed by atoms with Crippen LogP contribution in [0.5, 0.6) is 0 Å². The summed E-state index contributed by atoms with van der Waals surface area (Å²) in [4.78, 5) is 11.1. The largest absolute Gasteiger partial charge is 0.372 e. The van der Waals surface area contributed by atoms with Gasteiger partial charge in [0.15, 0.2) is 0 Å². The number of nitrogens with zero attached hydrogens (tertiary/aromatic N) is 3. The third-order valence-electron chi connectivity index (χ3n) is 2.77. The summed E-state index contributed by atoms with van der Waals surface area (Å²) in [5.41, 5.74) is 1.09. The standard InChI is InChI=1S/C12H19N3O.C2H6/c1-4-11-5-6-13-12(14-11)15-7-9(2)16-10(3)8-15;1-2/h5-6,9-10H,4,7-8H2,1-3H3;1-2H3/t9-,10?;/m1./s1. The topological polar surface area (TPSA) is 38.2 Å². The van der Waals surface area contributed by atoms with Gasteiger partial charge in [-0.2, -0.15) is 0 Å². The average molecular weight is 251 g/mol. The van der Waals surface area contributed by atoms with Crippen LogP contribution >= 0.6 is 0 Å². The highest BCUT2D eigenvalue weighted by molar-refractivity contribution is 5.31. The van der Waals surface area contributed by atoms with E-state index in [2.05, 4.69) is 35.6 Å². The molecular formula is C14H25N3O. The average Bonchev–Trinajstić information content (AvgIpc) is 2.40. The molecule has 0 bridgehead atoms. The lowest BCUT2D eigenvalue weighted by Crippen LogP contribution is -2.46. The smallest absolute Gasteiger partial charge is 0.225 e. The number of morpholine rings is 1. The number of anilines is 1.